The molecule has 2 atom stereocenters. The zero-order valence-corrected chi connectivity index (χ0v) is 16.7. The van der Waals surface area contributed by atoms with Gasteiger partial charge in [0.2, 0.25) is 11.9 Å². The van der Waals surface area contributed by atoms with Crippen molar-refractivity contribution >= 4 is 46.2 Å². The first kappa shape index (κ1) is 17.9. The Morgan fingerprint density at radius 3 is 2.78 bits per heavy atom. The Morgan fingerprint density at radius 2 is 2.04 bits per heavy atom. The lowest BCUT2D eigenvalue weighted by Gasteiger charge is -2.30. The lowest BCUT2D eigenvalue weighted by molar-refractivity contribution is -0.118. The van der Waals surface area contributed by atoms with Gasteiger partial charge in [0.1, 0.15) is 18.3 Å². The van der Waals surface area contributed by atoms with Crippen molar-refractivity contribution in [2.45, 2.75) is 26.8 Å². The van der Waals surface area contributed by atoms with Gasteiger partial charge in [-0.05, 0) is 55.5 Å². The fourth-order valence-corrected chi connectivity index (χ4v) is 4.56. The van der Waals surface area contributed by atoms with Crippen LogP contribution in [-0.4, -0.2) is 26.4 Å². The zero-order valence-electron chi connectivity index (χ0n) is 15.1. The Balaban J connectivity index is 1.76. The van der Waals surface area contributed by atoms with Gasteiger partial charge in [-0.25, -0.2) is 9.67 Å². The highest BCUT2D eigenvalue weighted by atomic mass is 35.5. The minimum atomic E-state index is -0.491. The molecule has 1 aromatic carbocycles. The number of carbonyl (C=O) groups is 1. The second kappa shape index (κ2) is 6.90. The van der Waals surface area contributed by atoms with E-state index < -0.39 is 5.92 Å². The molecule has 0 saturated carbocycles. The number of benzene rings is 1. The average molecular weight is 400 g/mol. The molecule has 0 radical (unpaired) electrons. The molecule has 4 rings (SSSR count). The first-order valence-electron chi connectivity index (χ1n) is 8.51. The van der Waals surface area contributed by atoms with Gasteiger partial charge in [0.25, 0.3) is 0 Å². The summed E-state index contributed by atoms with van der Waals surface area (Å²) in [6.07, 6.45) is 1.48. The van der Waals surface area contributed by atoms with Crippen LogP contribution in [0.5, 0.6) is 0 Å². The van der Waals surface area contributed by atoms with Gasteiger partial charge in [-0.3, -0.25) is 4.79 Å². The van der Waals surface area contributed by atoms with Crippen molar-refractivity contribution in [3.05, 3.63) is 57.0 Å². The third-order valence-electron chi connectivity index (χ3n) is 4.77. The predicted molar refractivity (Wildman–Crippen MR) is 108 cm³/mol. The third kappa shape index (κ3) is 3.17. The highest BCUT2D eigenvalue weighted by Gasteiger charge is 2.40. The molecule has 6 nitrogen and oxygen atoms in total. The molecule has 2 aromatic heterocycles. The van der Waals surface area contributed by atoms with Crippen molar-refractivity contribution < 1.29 is 4.79 Å². The van der Waals surface area contributed by atoms with Crippen LogP contribution in [0.3, 0.4) is 0 Å². The number of fused-ring (bicyclic) bond motifs is 1. The number of halogens is 1. The summed E-state index contributed by atoms with van der Waals surface area (Å²) in [6.45, 7) is 5.84. The molecule has 27 heavy (non-hydrogen) atoms. The number of aromatic nitrogens is 3. The van der Waals surface area contributed by atoms with E-state index in [4.69, 9.17) is 11.6 Å². The second-order valence-electron chi connectivity index (χ2n) is 6.60. The van der Waals surface area contributed by atoms with Crippen LogP contribution in [-0.2, 0) is 4.79 Å². The van der Waals surface area contributed by atoms with E-state index in [0.29, 0.717) is 22.4 Å². The van der Waals surface area contributed by atoms with E-state index in [1.54, 1.807) is 28.2 Å². The Morgan fingerprint density at radius 1 is 1.22 bits per heavy atom. The quantitative estimate of drug-likeness (QED) is 0.701. The maximum Gasteiger partial charge on any atom is 0.248 e. The molecule has 1 aliphatic heterocycles. The molecule has 138 valence electrons. The number of aliphatic imine (C=N–C) groups is 1. The topological polar surface area (TPSA) is 72.2 Å². The lowest BCUT2D eigenvalue weighted by Crippen LogP contribution is -2.39. The minimum Gasteiger partial charge on any atom is -0.325 e. The number of nitrogens with one attached hydrogen (secondary N) is 1. The Hall–Kier alpha value is -2.51. The molecule has 1 aliphatic rings. The number of hydrogen-bond donors (Lipinski definition) is 1. The monoisotopic (exact) mass is 399 g/mol. The maximum absolute atomic E-state index is 13.3. The van der Waals surface area contributed by atoms with Crippen LogP contribution in [0.15, 0.2) is 41.0 Å². The van der Waals surface area contributed by atoms with Crippen LogP contribution in [0.2, 0.25) is 5.02 Å². The first-order chi connectivity index (χ1) is 13.0. The van der Waals surface area contributed by atoms with Gasteiger partial charge in [0.15, 0.2) is 0 Å². The van der Waals surface area contributed by atoms with Crippen LogP contribution in [0.1, 0.15) is 29.0 Å². The first-order valence-corrected chi connectivity index (χ1v) is 9.77. The number of amides is 1. The molecular formula is C19H18ClN5OS. The molecular weight excluding hydrogens is 382 g/mol. The number of aryl methyl sites for hydroxylation is 2. The lowest BCUT2D eigenvalue weighted by atomic mass is 9.90. The van der Waals surface area contributed by atoms with Gasteiger partial charge < -0.3 is 5.32 Å². The van der Waals surface area contributed by atoms with Gasteiger partial charge >= 0.3 is 0 Å². The van der Waals surface area contributed by atoms with Crippen molar-refractivity contribution in [3.8, 4) is 0 Å². The summed E-state index contributed by atoms with van der Waals surface area (Å²) in [5, 5.41) is 9.97. The van der Waals surface area contributed by atoms with E-state index in [0.717, 1.165) is 16.0 Å². The molecule has 0 spiro atoms. The molecule has 0 bridgehead atoms. The maximum atomic E-state index is 13.3. The molecule has 2 unspecified atom stereocenters. The summed E-state index contributed by atoms with van der Waals surface area (Å²) < 4.78 is 1.74. The summed E-state index contributed by atoms with van der Waals surface area (Å²) in [4.78, 5) is 23.1. The fraction of sp³-hybridized carbons (Fsp3) is 0.263. The molecule has 0 fully saturated rings. The summed E-state index contributed by atoms with van der Waals surface area (Å²) >= 11 is 7.72. The zero-order chi connectivity index (χ0) is 19.1. The van der Waals surface area contributed by atoms with E-state index in [1.165, 1.54) is 6.33 Å². The molecule has 0 aliphatic carbocycles. The number of thiophene rings is 1. The van der Waals surface area contributed by atoms with Gasteiger partial charge in [-0.2, -0.15) is 10.1 Å². The van der Waals surface area contributed by atoms with Crippen molar-refractivity contribution in [2.24, 2.45) is 10.9 Å². The summed E-state index contributed by atoms with van der Waals surface area (Å²) in [6, 6.07) is 7.22. The largest absolute Gasteiger partial charge is 0.325 e. The predicted octanol–water partition coefficient (Wildman–Crippen LogP) is 4.56. The molecule has 0 saturated heterocycles. The highest BCUT2D eigenvalue weighted by molar-refractivity contribution is 7.10. The molecule has 3 heterocycles. The smallest absolute Gasteiger partial charge is 0.248 e. The number of carbonyl (C=O) groups excluding carboxylic acids is 1. The Kier molecular flexibility index (Phi) is 4.57. The Bertz CT molecular complexity index is 1050. The van der Waals surface area contributed by atoms with E-state index in [-0.39, 0.29) is 11.9 Å². The van der Waals surface area contributed by atoms with Gasteiger partial charge in [0, 0.05) is 21.3 Å². The number of anilines is 1. The normalized spacial score (nSPS) is 18.7. The van der Waals surface area contributed by atoms with Crippen molar-refractivity contribution in [1.29, 1.82) is 0 Å². The van der Waals surface area contributed by atoms with Crippen LogP contribution < -0.4 is 5.32 Å². The Labute approximate surface area is 165 Å². The van der Waals surface area contributed by atoms with Gasteiger partial charge in [0.05, 0.1) is 0 Å². The van der Waals surface area contributed by atoms with Crippen molar-refractivity contribution in [2.75, 3.05) is 5.32 Å². The second-order valence-corrected chi connectivity index (χ2v) is 7.98. The van der Waals surface area contributed by atoms with Crippen LogP contribution in [0, 0.1) is 19.8 Å². The fourth-order valence-electron chi connectivity index (χ4n) is 3.34. The standard InChI is InChI=1S/C19H18ClN5OS/c1-10-4-5-13(20)8-14(10)24-18(26)15-12(3)23-19-21-9-22-25(19)16(15)17-11(2)6-7-27-17/h4-9,15-16H,1-3H3,(H,24,26). The van der Waals surface area contributed by atoms with E-state index >= 15 is 0 Å². The van der Waals surface area contributed by atoms with Gasteiger partial charge in [-0.1, -0.05) is 17.7 Å². The van der Waals surface area contributed by atoms with E-state index in [1.807, 2.05) is 38.3 Å². The molecule has 8 heteroatoms. The van der Waals surface area contributed by atoms with Crippen LogP contribution in [0.4, 0.5) is 11.6 Å². The number of rotatable bonds is 3. The van der Waals surface area contributed by atoms with Crippen molar-refractivity contribution in [1.82, 2.24) is 14.8 Å². The van der Waals surface area contributed by atoms with E-state index in [2.05, 4.69) is 20.4 Å². The summed E-state index contributed by atoms with van der Waals surface area (Å²) in [5.41, 5.74) is 3.48. The SMILES string of the molecule is CC1=Nc2ncnn2C(c2sccc2C)C1C(=O)Nc1cc(Cl)ccc1C. The summed E-state index contributed by atoms with van der Waals surface area (Å²) in [5.74, 6) is -0.108. The highest BCUT2D eigenvalue weighted by Crippen LogP contribution is 2.39. The van der Waals surface area contributed by atoms with Crippen LogP contribution in [0.25, 0.3) is 0 Å². The molecule has 1 N–H and O–H groups in total. The van der Waals surface area contributed by atoms with Crippen LogP contribution >= 0.6 is 22.9 Å². The number of nitrogens with zero attached hydrogens (tertiary/aromatic N) is 4. The summed E-state index contributed by atoms with van der Waals surface area (Å²) in [7, 11) is 0. The minimum absolute atomic E-state index is 0.138. The number of hydrogen-bond acceptors (Lipinski definition) is 5. The average Bonchev–Trinajstić information content (AvgIpc) is 3.25. The van der Waals surface area contributed by atoms with Gasteiger partial charge in [-0.15, -0.1) is 11.3 Å². The van der Waals surface area contributed by atoms with Crippen molar-refractivity contribution in [3.63, 3.8) is 0 Å². The van der Waals surface area contributed by atoms with E-state index in [9.17, 15) is 4.79 Å². The third-order valence-corrected chi connectivity index (χ3v) is 6.09. The molecule has 3 aromatic rings. The molecule has 1 amide bonds.